The molecule has 0 saturated heterocycles. The molecule has 0 saturated carbocycles. The van der Waals surface area contributed by atoms with E-state index in [0.717, 1.165) is 28.6 Å². The van der Waals surface area contributed by atoms with Gasteiger partial charge in [-0.15, -0.1) is 6.58 Å². The summed E-state index contributed by atoms with van der Waals surface area (Å²) in [7, 11) is 0. The maximum Gasteiger partial charge on any atom is 0.231 e. The second-order valence-corrected chi connectivity index (χ2v) is 5.69. The van der Waals surface area contributed by atoms with E-state index < -0.39 is 0 Å². The van der Waals surface area contributed by atoms with Crippen molar-refractivity contribution < 1.29 is 9.47 Å². The molecular formula is C20H18N4O2. The average Bonchev–Trinajstić information content (AvgIpc) is 3.15. The number of benzene rings is 2. The van der Waals surface area contributed by atoms with Crippen LogP contribution in [0.5, 0.6) is 11.5 Å². The Morgan fingerprint density at radius 3 is 2.62 bits per heavy atom. The number of rotatable bonds is 6. The van der Waals surface area contributed by atoms with Crippen molar-refractivity contribution in [3.05, 3.63) is 67.3 Å². The van der Waals surface area contributed by atoms with Gasteiger partial charge >= 0.3 is 0 Å². The molecule has 2 heterocycles. The molecule has 1 aliphatic heterocycles. The van der Waals surface area contributed by atoms with E-state index in [1.807, 2.05) is 54.6 Å². The van der Waals surface area contributed by atoms with Gasteiger partial charge in [0.2, 0.25) is 6.79 Å². The molecule has 0 unspecified atom stereocenters. The second-order valence-electron chi connectivity index (χ2n) is 5.69. The Morgan fingerprint density at radius 1 is 0.962 bits per heavy atom. The molecular weight excluding hydrogens is 328 g/mol. The Hall–Kier alpha value is -3.54. The number of anilines is 3. The molecule has 0 fully saturated rings. The first-order valence-electron chi connectivity index (χ1n) is 8.28. The van der Waals surface area contributed by atoms with E-state index in [2.05, 4.69) is 27.2 Å². The van der Waals surface area contributed by atoms with E-state index in [-0.39, 0.29) is 6.79 Å². The lowest BCUT2D eigenvalue weighted by Gasteiger charge is -2.11. The van der Waals surface area contributed by atoms with Gasteiger partial charge in [-0.1, -0.05) is 36.4 Å². The fourth-order valence-corrected chi connectivity index (χ4v) is 2.62. The summed E-state index contributed by atoms with van der Waals surface area (Å²) in [6.07, 6.45) is 1.79. The van der Waals surface area contributed by atoms with E-state index in [1.54, 1.807) is 6.08 Å². The summed E-state index contributed by atoms with van der Waals surface area (Å²) in [5.74, 6) is 3.52. The summed E-state index contributed by atoms with van der Waals surface area (Å²) >= 11 is 0. The van der Waals surface area contributed by atoms with Gasteiger partial charge < -0.3 is 20.1 Å². The zero-order chi connectivity index (χ0) is 17.8. The zero-order valence-electron chi connectivity index (χ0n) is 14.1. The van der Waals surface area contributed by atoms with Crippen LogP contribution in [0.3, 0.4) is 0 Å². The third-order valence-electron chi connectivity index (χ3n) is 3.83. The van der Waals surface area contributed by atoms with Crippen molar-refractivity contribution in [2.45, 2.75) is 0 Å². The van der Waals surface area contributed by atoms with E-state index >= 15 is 0 Å². The highest BCUT2D eigenvalue weighted by Gasteiger charge is 2.14. The molecule has 6 nitrogen and oxygen atoms in total. The molecule has 0 spiro atoms. The highest BCUT2D eigenvalue weighted by atomic mass is 16.7. The quantitative estimate of drug-likeness (QED) is 0.652. The van der Waals surface area contributed by atoms with Gasteiger partial charge in [0.05, 0.1) is 0 Å². The first kappa shape index (κ1) is 16.0. The molecule has 0 amide bonds. The topological polar surface area (TPSA) is 68.3 Å². The number of ether oxygens (including phenoxy) is 2. The van der Waals surface area contributed by atoms with Crippen LogP contribution < -0.4 is 20.1 Å². The lowest BCUT2D eigenvalue weighted by molar-refractivity contribution is 0.174. The SMILES string of the molecule is C=CCNc1cc(Nc2ccc3c(c2)OCO3)nc(-c2ccccc2)n1. The Labute approximate surface area is 151 Å². The number of nitrogens with zero attached hydrogens (tertiary/aromatic N) is 2. The van der Waals surface area contributed by atoms with Crippen LogP contribution >= 0.6 is 0 Å². The van der Waals surface area contributed by atoms with Crippen molar-refractivity contribution in [2.24, 2.45) is 0 Å². The molecule has 0 aliphatic carbocycles. The molecule has 3 aromatic rings. The lowest BCUT2D eigenvalue weighted by Crippen LogP contribution is -2.04. The van der Waals surface area contributed by atoms with Crippen LogP contribution in [-0.4, -0.2) is 23.3 Å². The Morgan fingerprint density at radius 2 is 1.77 bits per heavy atom. The number of hydrogen-bond donors (Lipinski definition) is 2. The van der Waals surface area contributed by atoms with Crippen molar-refractivity contribution in [1.82, 2.24) is 9.97 Å². The van der Waals surface area contributed by atoms with Crippen LogP contribution in [0, 0.1) is 0 Å². The van der Waals surface area contributed by atoms with Crippen LogP contribution in [0.1, 0.15) is 0 Å². The maximum atomic E-state index is 5.43. The predicted molar refractivity (Wildman–Crippen MR) is 102 cm³/mol. The minimum atomic E-state index is 0.250. The molecule has 1 aromatic heterocycles. The monoisotopic (exact) mass is 346 g/mol. The zero-order valence-corrected chi connectivity index (χ0v) is 14.1. The van der Waals surface area contributed by atoms with Gasteiger partial charge in [-0.2, -0.15) is 0 Å². The Bertz CT molecular complexity index is 928. The van der Waals surface area contributed by atoms with Crippen molar-refractivity contribution >= 4 is 17.3 Å². The molecule has 0 atom stereocenters. The minimum Gasteiger partial charge on any atom is -0.454 e. The first-order valence-corrected chi connectivity index (χ1v) is 8.28. The predicted octanol–water partition coefficient (Wildman–Crippen LogP) is 4.21. The van der Waals surface area contributed by atoms with Crippen molar-refractivity contribution in [2.75, 3.05) is 24.0 Å². The fourth-order valence-electron chi connectivity index (χ4n) is 2.62. The molecule has 2 aromatic carbocycles. The van der Waals surface area contributed by atoms with Crippen molar-refractivity contribution in [1.29, 1.82) is 0 Å². The summed E-state index contributed by atoms with van der Waals surface area (Å²) in [5.41, 5.74) is 1.81. The maximum absolute atomic E-state index is 5.43. The van der Waals surface area contributed by atoms with Gasteiger partial charge in [0, 0.05) is 29.9 Å². The highest BCUT2D eigenvalue weighted by molar-refractivity contribution is 5.67. The Kier molecular flexibility index (Phi) is 4.38. The average molecular weight is 346 g/mol. The first-order chi connectivity index (χ1) is 12.8. The van der Waals surface area contributed by atoms with Crippen LogP contribution in [0.2, 0.25) is 0 Å². The van der Waals surface area contributed by atoms with Crippen LogP contribution in [-0.2, 0) is 0 Å². The van der Waals surface area contributed by atoms with Crippen LogP contribution in [0.25, 0.3) is 11.4 Å². The van der Waals surface area contributed by atoms with E-state index in [4.69, 9.17) is 9.47 Å². The van der Waals surface area contributed by atoms with E-state index in [9.17, 15) is 0 Å². The van der Waals surface area contributed by atoms with E-state index in [1.165, 1.54) is 0 Å². The van der Waals surface area contributed by atoms with Gasteiger partial charge in [-0.3, -0.25) is 0 Å². The van der Waals surface area contributed by atoms with Crippen LogP contribution in [0.4, 0.5) is 17.3 Å². The summed E-state index contributed by atoms with van der Waals surface area (Å²) in [4.78, 5) is 9.23. The summed E-state index contributed by atoms with van der Waals surface area (Å²) < 4.78 is 10.8. The van der Waals surface area contributed by atoms with Gasteiger partial charge in [0.25, 0.3) is 0 Å². The number of hydrogen-bond acceptors (Lipinski definition) is 6. The molecule has 0 radical (unpaired) electrons. The normalized spacial score (nSPS) is 11.8. The number of aromatic nitrogens is 2. The Balaban J connectivity index is 1.66. The summed E-state index contributed by atoms with van der Waals surface area (Å²) in [6.45, 7) is 4.60. The molecule has 2 N–H and O–H groups in total. The smallest absolute Gasteiger partial charge is 0.231 e. The van der Waals surface area contributed by atoms with Gasteiger partial charge in [0.1, 0.15) is 11.6 Å². The van der Waals surface area contributed by atoms with E-state index in [0.29, 0.717) is 18.2 Å². The lowest BCUT2D eigenvalue weighted by atomic mass is 10.2. The molecule has 1 aliphatic rings. The van der Waals surface area contributed by atoms with Crippen molar-refractivity contribution in [3.63, 3.8) is 0 Å². The third-order valence-corrected chi connectivity index (χ3v) is 3.83. The van der Waals surface area contributed by atoms with Gasteiger partial charge in [-0.05, 0) is 12.1 Å². The molecule has 130 valence electrons. The third kappa shape index (κ3) is 3.44. The largest absolute Gasteiger partial charge is 0.454 e. The molecule has 0 bridgehead atoms. The second kappa shape index (κ2) is 7.14. The molecule has 6 heteroatoms. The number of nitrogens with one attached hydrogen (secondary N) is 2. The van der Waals surface area contributed by atoms with Gasteiger partial charge in [-0.25, -0.2) is 9.97 Å². The minimum absolute atomic E-state index is 0.250. The van der Waals surface area contributed by atoms with Crippen molar-refractivity contribution in [3.8, 4) is 22.9 Å². The van der Waals surface area contributed by atoms with Crippen LogP contribution in [0.15, 0.2) is 67.3 Å². The van der Waals surface area contributed by atoms with Gasteiger partial charge in [0.15, 0.2) is 17.3 Å². The number of fused-ring (bicyclic) bond motifs is 1. The fraction of sp³-hybridized carbons (Fsp3) is 0.100. The standard InChI is InChI=1S/C20H18N4O2/c1-2-10-21-18-12-19(24-20(23-18)14-6-4-3-5-7-14)22-15-8-9-16-17(11-15)26-13-25-16/h2-9,11-12H,1,10,13H2,(H2,21,22,23,24). The summed E-state index contributed by atoms with van der Waals surface area (Å²) in [5, 5.41) is 6.53. The molecule has 26 heavy (non-hydrogen) atoms. The molecule has 4 rings (SSSR count). The summed E-state index contributed by atoms with van der Waals surface area (Å²) in [6, 6.07) is 17.4. The highest BCUT2D eigenvalue weighted by Crippen LogP contribution is 2.35.